The first kappa shape index (κ1) is 26.4. The van der Waals surface area contributed by atoms with Crippen molar-refractivity contribution in [3.63, 3.8) is 0 Å². The number of nitrogens with one attached hydrogen (secondary N) is 2. The number of guanidine groups is 1. The Morgan fingerprint density at radius 1 is 1.21 bits per heavy atom. The maximum absolute atomic E-state index is 12.7. The Hall–Kier alpha value is -0.610. The van der Waals surface area contributed by atoms with E-state index in [-0.39, 0.29) is 29.9 Å². The van der Waals surface area contributed by atoms with Crippen molar-refractivity contribution in [3.8, 4) is 0 Å². The molecule has 0 spiro atoms. The summed E-state index contributed by atoms with van der Waals surface area (Å²) in [5.74, 6) is 1.52. The molecule has 1 saturated carbocycles. The third-order valence-electron chi connectivity index (χ3n) is 5.78. The second-order valence-corrected chi connectivity index (χ2v) is 8.16. The van der Waals surface area contributed by atoms with Crippen LogP contribution in [0.1, 0.15) is 51.9 Å². The number of halogens is 1. The number of amides is 1. The summed E-state index contributed by atoms with van der Waals surface area (Å²) in [5, 5.41) is 6.88. The van der Waals surface area contributed by atoms with E-state index in [1.54, 1.807) is 7.11 Å². The molecule has 1 amide bonds. The van der Waals surface area contributed by atoms with Crippen molar-refractivity contribution < 1.29 is 9.53 Å². The Kier molecular flexibility index (Phi) is 13.9. The maximum Gasteiger partial charge on any atom is 0.225 e. The maximum atomic E-state index is 12.7. The lowest BCUT2D eigenvalue weighted by atomic mass is 9.88. The fourth-order valence-electron chi connectivity index (χ4n) is 4.09. The highest BCUT2D eigenvalue weighted by atomic mass is 127. The van der Waals surface area contributed by atoms with Crippen LogP contribution in [-0.4, -0.2) is 87.7 Å². The molecule has 8 heteroatoms. The molecule has 1 unspecified atom stereocenters. The number of carbonyl (C=O) groups excluding carboxylic acids is 1. The predicted molar refractivity (Wildman–Crippen MR) is 130 cm³/mol. The molecule has 1 atom stereocenters. The van der Waals surface area contributed by atoms with Crippen molar-refractivity contribution in [3.05, 3.63) is 0 Å². The van der Waals surface area contributed by atoms with Crippen LogP contribution in [0.3, 0.4) is 0 Å². The fourth-order valence-corrected chi connectivity index (χ4v) is 4.09. The summed E-state index contributed by atoms with van der Waals surface area (Å²) in [5.41, 5.74) is 0. The van der Waals surface area contributed by atoms with E-state index in [1.807, 2.05) is 0 Å². The minimum absolute atomic E-state index is 0. The van der Waals surface area contributed by atoms with Crippen molar-refractivity contribution in [1.29, 1.82) is 0 Å². The van der Waals surface area contributed by atoms with Crippen LogP contribution in [0.4, 0.5) is 0 Å². The standard InChI is InChI=1S/C21H41N5O2.HI/c1-4-22-21(23-12-8-13-25(2)15-16-28-3)24-19-11-14-26(17-19)20(27)18-9-6-5-7-10-18;/h18-19H,4-17H2,1-3H3,(H2,22,23,24);1H. The van der Waals surface area contributed by atoms with Gasteiger partial charge >= 0.3 is 0 Å². The van der Waals surface area contributed by atoms with Crippen LogP contribution in [0.5, 0.6) is 0 Å². The van der Waals surface area contributed by atoms with Gasteiger partial charge in [0.15, 0.2) is 5.96 Å². The van der Waals surface area contributed by atoms with Gasteiger partial charge in [-0.05, 0) is 46.2 Å². The molecule has 1 aliphatic carbocycles. The molecule has 2 rings (SSSR count). The lowest BCUT2D eigenvalue weighted by Crippen LogP contribution is -2.45. The van der Waals surface area contributed by atoms with E-state index in [4.69, 9.17) is 9.73 Å². The average Bonchev–Trinajstić information content (AvgIpc) is 3.18. The van der Waals surface area contributed by atoms with Gasteiger partial charge in [-0.1, -0.05) is 19.3 Å². The Morgan fingerprint density at radius 2 is 1.97 bits per heavy atom. The van der Waals surface area contributed by atoms with Gasteiger partial charge in [-0.25, -0.2) is 0 Å². The van der Waals surface area contributed by atoms with Gasteiger partial charge in [-0.15, -0.1) is 24.0 Å². The van der Waals surface area contributed by atoms with Crippen LogP contribution < -0.4 is 10.6 Å². The van der Waals surface area contributed by atoms with E-state index in [0.29, 0.717) is 11.9 Å². The Labute approximate surface area is 194 Å². The van der Waals surface area contributed by atoms with Crippen LogP contribution in [-0.2, 0) is 9.53 Å². The minimum Gasteiger partial charge on any atom is -0.383 e. The predicted octanol–water partition coefficient (Wildman–Crippen LogP) is 2.31. The molecule has 0 bridgehead atoms. The van der Waals surface area contributed by atoms with Crippen LogP contribution in [0.2, 0.25) is 0 Å². The smallest absolute Gasteiger partial charge is 0.225 e. The van der Waals surface area contributed by atoms with Gasteiger partial charge < -0.3 is 25.2 Å². The first-order valence-electron chi connectivity index (χ1n) is 11.1. The number of nitrogens with zero attached hydrogens (tertiary/aromatic N) is 3. The van der Waals surface area contributed by atoms with Crippen molar-refractivity contribution in [1.82, 2.24) is 20.4 Å². The monoisotopic (exact) mass is 523 g/mol. The molecule has 29 heavy (non-hydrogen) atoms. The number of methoxy groups -OCH3 is 1. The molecule has 2 N–H and O–H groups in total. The van der Waals surface area contributed by atoms with Gasteiger partial charge in [-0.3, -0.25) is 9.79 Å². The van der Waals surface area contributed by atoms with Crippen LogP contribution in [0, 0.1) is 5.92 Å². The number of likely N-dealkylation sites (N-methyl/N-ethyl adjacent to an activating group) is 1. The quantitative estimate of drug-likeness (QED) is 0.199. The lowest BCUT2D eigenvalue weighted by Gasteiger charge is -2.26. The highest BCUT2D eigenvalue weighted by molar-refractivity contribution is 14.0. The van der Waals surface area contributed by atoms with Gasteiger partial charge in [0.05, 0.1) is 6.61 Å². The Balaban J connectivity index is 0.00000420. The van der Waals surface area contributed by atoms with Crippen molar-refractivity contribution >= 4 is 35.8 Å². The van der Waals surface area contributed by atoms with Gasteiger partial charge in [0.1, 0.15) is 0 Å². The molecule has 1 heterocycles. The van der Waals surface area contributed by atoms with Crippen LogP contribution in [0.15, 0.2) is 4.99 Å². The van der Waals surface area contributed by atoms with E-state index < -0.39 is 0 Å². The third kappa shape index (κ3) is 9.83. The zero-order valence-electron chi connectivity index (χ0n) is 18.6. The summed E-state index contributed by atoms with van der Waals surface area (Å²) >= 11 is 0. The number of ether oxygens (including phenoxy) is 1. The van der Waals surface area contributed by atoms with E-state index in [2.05, 4.69) is 34.4 Å². The fraction of sp³-hybridized carbons (Fsp3) is 0.905. The zero-order chi connectivity index (χ0) is 20.2. The summed E-state index contributed by atoms with van der Waals surface area (Å²) in [6.07, 6.45) is 7.90. The number of hydrogen-bond donors (Lipinski definition) is 2. The topological polar surface area (TPSA) is 69.2 Å². The summed E-state index contributed by atoms with van der Waals surface area (Å²) in [6.45, 7) is 8.13. The molecule has 0 aromatic heterocycles. The second kappa shape index (κ2) is 15.2. The van der Waals surface area contributed by atoms with Crippen molar-refractivity contribution in [2.75, 3.05) is 60.0 Å². The number of likely N-dealkylation sites (tertiary alicyclic amines) is 1. The largest absolute Gasteiger partial charge is 0.383 e. The molecule has 7 nitrogen and oxygen atoms in total. The van der Waals surface area contributed by atoms with Crippen molar-refractivity contribution in [2.45, 2.75) is 57.9 Å². The minimum atomic E-state index is 0. The van der Waals surface area contributed by atoms with E-state index in [1.165, 1.54) is 19.3 Å². The van der Waals surface area contributed by atoms with Gasteiger partial charge in [-0.2, -0.15) is 0 Å². The van der Waals surface area contributed by atoms with E-state index in [9.17, 15) is 4.79 Å². The van der Waals surface area contributed by atoms with Crippen molar-refractivity contribution in [2.24, 2.45) is 10.9 Å². The molecule has 1 aliphatic heterocycles. The highest BCUT2D eigenvalue weighted by Crippen LogP contribution is 2.26. The first-order valence-corrected chi connectivity index (χ1v) is 11.1. The molecule has 2 fully saturated rings. The highest BCUT2D eigenvalue weighted by Gasteiger charge is 2.31. The Morgan fingerprint density at radius 3 is 2.66 bits per heavy atom. The molecule has 0 aromatic rings. The van der Waals surface area contributed by atoms with Gasteiger partial charge in [0.25, 0.3) is 0 Å². The number of carbonyl (C=O) groups is 1. The van der Waals surface area contributed by atoms with Crippen LogP contribution >= 0.6 is 24.0 Å². The van der Waals surface area contributed by atoms with E-state index in [0.717, 1.165) is 77.5 Å². The lowest BCUT2D eigenvalue weighted by molar-refractivity contribution is -0.135. The summed E-state index contributed by atoms with van der Waals surface area (Å²) in [6, 6.07) is 0.301. The summed E-state index contributed by atoms with van der Waals surface area (Å²) in [7, 11) is 3.85. The summed E-state index contributed by atoms with van der Waals surface area (Å²) in [4.78, 5) is 21.8. The zero-order valence-corrected chi connectivity index (χ0v) is 21.0. The summed E-state index contributed by atoms with van der Waals surface area (Å²) < 4.78 is 5.11. The van der Waals surface area contributed by atoms with Gasteiger partial charge in [0, 0.05) is 51.8 Å². The number of aliphatic imine (C=N–C) groups is 1. The molecule has 2 aliphatic rings. The number of hydrogen-bond acceptors (Lipinski definition) is 4. The Bertz CT molecular complexity index is 486. The number of rotatable bonds is 10. The average molecular weight is 524 g/mol. The van der Waals surface area contributed by atoms with Gasteiger partial charge in [0.2, 0.25) is 5.91 Å². The first-order chi connectivity index (χ1) is 13.6. The molecular formula is C21H42IN5O2. The van der Waals surface area contributed by atoms with E-state index >= 15 is 0 Å². The molecule has 1 saturated heterocycles. The van der Waals surface area contributed by atoms with Crippen LogP contribution in [0.25, 0.3) is 0 Å². The molecule has 0 aromatic carbocycles. The molecule has 170 valence electrons. The molecule has 0 radical (unpaired) electrons. The molecular weight excluding hydrogens is 481 g/mol. The second-order valence-electron chi connectivity index (χ2n) is 8.16. The third-order valence-corrected chi connectivity index (χ3v) is 5.78. The normalized spacial score (nSPS) is 20.6. The SMILES string of the molecule is CCNC(=NCCCN(C)CCOC)NC1CCN(C(=O)C2CCCCC2)C1.I.